The number of nitro benzene ring substituents is 1. The van der Waals surface area contributed by atoms with Crippen molar-refractivity contribution < 1.29 is 9.72 Å². The summed E-state index contributed by atoms with van der Waals surface area (Å²) in [5.41, 5.74) is 9.92. The van der Waals surface area contributed by atoms with Crippen LogP contribution in [0.1, 0.15) is 33.4 Å². The molecule has 4 aromatic carbocycles. The number of aliphatic imine (C=N–C) groups is 1. The topological polar surface area (TPSA) is 98.6 Å². The van der Waals surface area contributed by atoms with Crippen LogP contribution in [0.25, 0.3) is 0 Å². The standard InChI is InChI=1S/C28H23N3O3/c29-28(32)30-26(22-14-8-3-9-15-22)24-17-16-23(18-20-10-4-1-5-11-20)27(31(33)34)25(24)19-21-12-6-2-7-13-21/h1-17H,18-19H2,(H2,29,32). The largest absolute Gasteiger partial charge is 0.350 e. The average Bonchev–Trinajstić information content (AvgIpc) is 2.84. The average molecular weight is 450 g/mol. The molecule has 0 aliphatic heterocycles. The number of nitrogens with two attached hydrogens (primary N) is 1. The molecule has 0 aliphatic rings. The molecule has 0 spiro atoms. The zero-order valence-corrected chi connectivity index (χ0v) is 18.4. The molecule has 0 aromatic heterocycles. The van der Waals surface area contributed by atoms with Crippen LogP contribution in [-0.4, -0.2) is 16.7 Å². The van der Waals surface area contributed by atoms with E-state index < -0.39 is 6.03 Å². The highest BCUT2D eigenvalue weighted by molar-refractivity contribution is 6.17. The minimum Gasteiger partial charge on any atom is -0.350 e. The fourth-order valence-electron chi connectivity index (χ4n) is 4.06. The Hall–Kier alpha value is -4.58. The van der Waals surface area contributed by atoms with E-state index in [4.69, 9.17) is 5.73 Å². The van der Waals surface area contributed by atoms with E-state index in [1.54, 1.807) is 24.3 Å². The van der Waals surface area contributed by atoms with Crippen LogP contribution in [-0.2, 0) is 12.8 Å². The molecule has 0 atom stereocenters. The lowest BCUT2D eigenvalue weighted by atomic mass is 9.88. The molecule has 2 amide bonds. The summed E-state index contributed by atoms with van der Waals surface area (Å²) in [6.07, 6.45) is 0.715. The summed E-state index contributed by atoms with van der Waals surface area (Å²) in [5, 5.41) is 12.4. The second kappa shape index (κ2) is 10.4. The third-order valence-electron chi connectivity index (χ3n) is 5.53. The highest BCUT2D eigenvalue weighted by Crippen LogP contribution is 2.33. The van der Waals surface area contributed by atoms with Crippen LogP contribution in [0.15, 0.2) is 108 Å². The van der Waals surface area contributed by atoms with Crippen LogP contribution in [0, 0.1) is 10.1 Å². The predicted octanol–water partition coefficient (Wildman–Crippen LogP) is 5.69. The number of hydrogen-bond acceptors (Lipinski definition) is 3. The number of nitro groups is 1. The van der Waals surface area contributed by atoms with Crippen molar-refractivity contribution in [2.75, 3.05) is 0 Å². The van der Waals surface area contributed by atoms with Gasteiger partial charge in [-0.2, -0.15) is 4.99 Å². The van der Waals surface area contributed by atoms with E-state index in [9.17, 15) is 14.9 Å². The lowest BCUT2D eigenvalue weighted by molar-refractivity contribution is -0.386. The Morgan fingerprint density at radius 3 is 1.82 bits per heavy atom. The second-order valence-electron chi connectivity index (χ2n) is 7.85. The third-order valence-corrected chi connectivity index (χ3v) is 5.53. The smallest absolute Gasteiger partial charge is 0.338 e. The van der Waals surface area contributed by atoms with Gasteiger partial charge in [0.05, 0.1) is 10.6 Å². The lowest BCUT2D eigenvalue weighted by Gasteiger charge is -2.16. The van der Waals surface area contributed by atoms with E-state index in [0.717, 1.165) is 11.1 Å². The molecule has 6 heteroatoms. The SMILES string of the molecule is NC(=O)N=C(c1ccccc1)c1ccc(Cc2ccccc2)c([N+](=O)[O-])c1Cc1ccccc1. The first-order chi connectivity index (χ1) is 16.5. The minimum absolute atomic E-state index is 0.0262. The lowest BCUT2D eigenvalue weighted by Crippen LogP contribution is -2.16. The fourth-order valence-corrected chi connectivity index (χ4v) is 4.06. The molecule has 0 radical (unpaired) electrons. The van der Waals surface area contributed by atoms with Crippen molar-refractivity contribution in [3.63, 3.8) is 0 Å². The molecule has 0 bridgehead atoms. The van der Waals surface area contributed by atoms with Crippen molar-refractivity contribution in [1.82, 2.24) is 0 Å². The van der Waals surface area contributed by atoms with Gasteiger partial charge in [-0.1, -0.05) is 103 Å². The van der Waals surface area contributed by atoms with E-state index in [2.05, 4.69) is 4.99 Å². The molecule has 4 rings (SSSR count). The Morgan fingerprint density at radius 1 is 0.765 bits per heavy atom. The molecule has 0 fully saturated rings. The number of urea groups is 1. The third kappa shape index (κ3) is 5.24. The summed E-state index contributed by atoms with van der Waals surface area (Å²) in [7, 11) is 0. The number of primary amides is 1. The van der Waals surface area contributed by atoms with Gasteiger partial charge in [-0.05, 0) is 11.1 Å². The maximum atomic E-state index is 12.4. The van der Waals surface area contributed by atoms with E-state index >= 15 is 0 Å². The number of amides is 2. The van der Waals surface area contributed by atoms with Crippen LogP contribution >= 0.6 is 0 Å². The number of carbonyl (C=O) groups is 1. The molecule has 0 saturated carbocycles. The van der Waals surface area contributed by atoms with Crippen LogP contribution in [0.5, 0.6) is 0 Å². The molecule has 6 nitrogen and oxygen atoms in total. The maximum Gasteiger partial charge on any atom is 0.338 e. The van der Waals surface area contributed by atoms with E-state index in [0.29, 0.717) is 40.8 Å². The summed E-state index contributed by atoms with van der Waals surface area (Å²) in [6.45, 7) is 0. The Kier molecular flexibility index (Phi) is 6.89. The van der Waals surface area contributed by atoms with Crippen molar-refractivity contribution in [1.29, 1.82) is 0 Å². The number of rotatable bonds is 7. The molecule has 2 N–H and O–H groups in total. The zero-order chi connectivity index (χ0) is 23.9. The highest BCUT2D eigenvalue weighted by Gasteiger charge is 2.26. The normalized spacial score (nSPS) is 11.2. The first kappa shape index (κ1) is 22.6. The van der Waals surface area contributed by atoms with Gasteiger partial charge in [0.25, 0.3) is 5.69 Å². The van der Waals surface area contributed by atoms with Gasteiger partial charge in [-0.15, -0.1) is 0 Å². The number of hydrogen-bond donors (Lipinski definition) is 1. The first-order valence-corrected chi connectivity index (χ1v) is 10.8. The van der Waals surface area contributed by atoms with Gasteiger partial charge in [-0.25, -0.2) is 4.79 Å². The maximum absolute atomic E-state index is 12.4. The molecule has 0 heterocycles. The van der Waals surface area contributed by atoms with Gasteiger partial charge >= 0.3 is 6.03 Å². The van der Waals surface area contributed by atoms with E-state index in [1.165, 1.54) is 0 Å². The van der Waals surface area contributed by atoms with Crippen LogP contribution in [0.4, 0.5) is 10.5 Å². The van der Waals surface area contributed by atoms with Crippen LogP contribution < -0.4 is 5.73 Å². The van der Waals surface area contributed by atoms with E-state index in [-0.39, 0.29) is 10.6 Å². The molecule has 4 aromatic rings. The molecular weight excluding hydrogens is 426 g/mol. The summed E-state index contributed by atoms with van der Waals surface area (Å²) >= 11 is 0. The van der Waals surface area contributed by atoms with Gasteiger partial charge in [0.1, 0.15) is 0 Å². The van der Waals surface area contributed by atoms with Gasteiger partial charge in [0.2, 0.25) is 0 Å². The van der Waals surface area contributed by atoms with Gasteiger partial charge in [-0.3, -0.25) is 10.1 Å². The van der Waals surface area contributed by atoms with Crippen molar-refractivity contribution >= 4 is 17.4 Å². The quantitative estimate of drug-likeness (QED) is 0.223. The highest BCUT2D eigenvalue weighted by atomic mass is 16.6. The summed E-state index contributed by atoms with van der Waals surface area (Å²) < 4.78 is 0. The fraction of sp³-hybridized carbons (Fsp3) is 0.0714. The predicted molar refractivity (Wildman–Crippen MR) is 133 cm³/mol. The summed E-state index contributed by atoms with van der Waals surface area (Å²) in [4.78, 5) is 28.0. The molecule has 0 aliphatic carbocycles. The van der Waals surface area contributed by atoms with Crippen LogP contribution in [0.3, 0.4) is 0 Å². The van der Waals surface area contributed by atoms with Crippen molar-refractivity contribution in [3.8, 4) is 0 Å². The monoisotopic (exact) mass is 449 g/mol. The van der Waals surface area contributed by atoms with Gasteiger partial charge in [0, 0.05) is 35.1 Å². The van der Waals surface area contributed by atoms with Crippen molar-refractivity contribution in [2.45, 2.75) is 12.8 Å². The molecule has 0 unspecified atom stereocenters. The Bertz CT molecular complexity index is 1340. The first-order valence-electron chi connectivity index (χ1n) is 10.8. The number of nitrogens with zero attached hydrogens (tertiary/aromatic N) is 2. The summed E-state index contributed by atoms with van der Waals surface area (Å²) in [6, 6.07) is 30.9. The molecular formula is C28H23N3O3. The number of carbonyl (C=O) groups excluding carboxylic acids is 1. The van der Waals surface area contributed by atoms with Gasteiger partial charge in [0.15, 0.2) is 0 Å². The second-order valence-corrected chi connectivity index (χ2v) is 7.85. The Balaban J connectivity index is 1.96. The Morgan fingerprint density at radius 2 is 1.29 bits per heavy atom. The van der Waals surface area contributed by atoms with Gasteiger partial charge < -0.3 is 5.73 Å². The Labute approximate surface area is 197 Å². The number of benzene rings is 4. The zero-order valence-electron chi connectivity index (χ0n) is 18.4. The minimum atomic E-state index is -0.861. The van der Waals surface area contributed by atoms with E-state index in [1.807, 2.05) is 78.9 Å². The van der Waals surface area contributed by atoms with Crippen molar-refractivity contribution in [2.24, 2.45) is 10.7 Å². The molecule has 168 valence electrons. The van der Waals surface area contributed by atoms with Crippen molar-refractivity contribution in [3.05, 3.63) is 147 Å². The van der Waals surface area contributed by atoms with Crippen LogP contribution in [0.2, 0.25) is 0 Å². The summed E-state index contributed by atoms with van der Waals surface area (Å²) in [5.74, 6) is 0. The molecule has 34 heavy (non-hydrogen) atoms. The molecule has 0 saturated heterocycles.